The molecule has 1 aromatic heterocycles. The maximum atomic E-state index is 12.3. The molecule has 3 nitrogen and oxygen atoms in total. The molecule has 0 bridgehead atoms. The van der Waals surface area contributed by atoms with Crippen LogP contribution in [-0.4, -0.2) is 9.78 Å². The summed E-state index contributed by atoms with van der Waals surface area (Å²) in [4.78, 5) is 12.3. The first kappa shape index (κ1) is 15.8. The second-order valence-corrected chi connectivity index (χ2v) is 6.23. The fourth-order valence-corrected chi connectivity index (χ4v) is 2.64. The Morgan fingerprint density at radius 2 is 1.95 bits per heavy atom. The molecule has 1 aromatic carbocycles. The summed E-state index contributed by atoms with van der Waals surface area (Å²) in [7, 11) is 0. The lowest BCUT2D eigenvalue weighted by Crippen LogP contribution is -2.28. The molecule has 0 saturated carbocycles. The first-order valence-corrected chi connectivity index (χ1v) is 7.85. The molecule has 0 amide bonds. The molecule has 2 aromatic rings. The van der Waals surface area contributed by atoms with Crippen molar-refractivity contribution < 1.29 is 0 Å². The normalized spacial score (nSPS) is 11.1. The second-order valence-electron chi connectivity index (χ2n) is 5.91. The SMILES string of the molecule is Cc1ccc(-c2cc(CS)c(=O)n(CC(C)C)n2)c(C)c1. The Balaban J connectivity index is 2.60. The third-order valence-electron chi connectivity index (χ3n) is 3.41. The lowest BCUT2D eigenvalue weighted by atomic mass is 10.0. The number of rotatable bonds is 4. The van der Waals surface area contributed by atoms with Crippen molar-refractivity contribution in [2.45, 2.75) is 40.0 Å². The smallest absolute Gasteiger partial charge is 0.267 e. The van der Waals surface area contributed by atoms with Gasteiger partial charge in [0.25, 0.3) is 5.56 Å². The van der Waals surface area contributed by atoms with Gasteiger partial charge in [-0.05, 0) is 31.4 Å². The molecule has 21 heavy (non-hydrogen) atoms. The van der Waals surface area contributed by atoms with Gasteiger partial charge < -0.3 is 0 Å². The zero-order valence-corrected chi connectivity index (χ0v) is 13.9. The molecular formula is C17H22N2OS. The van der Waals surface area contributed by atoms with Gasteiger partial charge in [0.1, 0.15) is 0 Å². The predicted molar refractivity (Wildman–Crippen MR) is 90.9 cm³/mol. The van der Waals surface area contributed by atoms with Crippen molar-refractivity contribution in [1.82, 2.24) is 9.78 Å². The Morgan fingerprint density at radius 1 is 1.24 bits per heavy atom. The fraction of sp³-hybridized carbons (Fsp3) is 0.412. The van der Waals surface area contributed by atoms with Gasteiger partial charge in [0.05, 0.1) is 5.69 Å². The number of thiol groups is 1. The minimum atomic E-state index is -0.0350. The molecule has 1 heterocycles. The van der Waals surface area contributed by atoms with Gasteiger partial charge in [-0.15, -0.1) is 0 Å². The van der Waals surface area contributed by atoms with E-state index < -0.39 is 0 Å². The summed E-state index contributed by atoms with van der Waals surface area (Å²) in [6.45, 7) is 8.93. The van der Waals surface area contributed by atoms with Crippen LogP contribution in [0.25, 0.3) is 11.3 Å². The van der Waals surface area contributed by atoms with Crippen LogP contribution in [0.1, 0.15) is 30.5 Å². The molecule has 4 heteroatoms. The largest absolute Gasteiger partial charge is 0.270 e. The molecule has 0 aliphatic rings. The Morgan fingerprint density at radius 3 is 2.52 bits per heavy atom. The Bertz CT molecular complexity index is 704. The van der Waals surface area contributed by atoms with Crippen LogP contribution in [0, 0.1) is 19.8 Å². The maximum absolute atomic E-state index is 12.3. The number of hydrogen-bond donors (Lipinski definition) is 1. The molecule has 0 unspecified atom stereocenters. The van der Waals surface area contributed by atoms with Crippen molar-refractivity contribution in [2.75, 3.05) is 0 Å². The first-order valence-electron chi connectivity index (χ1n) is 7.22. The van der Waals surface area contributed by atoms with E-state index in [2.05, 4.69) is 63.6 Å². The molecule has 0 N–H and O–H groups in total. The van der Waals surface area contributed by atoms with Crippen LogP contribution in [0.3, 0.4) is 0 Å². The van der Waals surface area contributed by atoms with E-state index in [4.69, 9.17) is 0 Å². The average Bonchev–Trinajstić information content (AvgIpc) is 2.41. The van der Waals surface area contributed by atoms with Crippen molar-refractivity contribution in [3.63, 3.8) is 0 Å². The van der Waals surface area contributed by atoms with Crippen LogP contribution in [0.2, 0.25) is 0 Å². The second kappa shape index (κ2) is 6.48. The fourth-order valence-electron chi connectivity index (χ4n) is 2.41. The molecule has 0 aliphatic carbocycles. The van der Waals surface area contributed by atoms with Gasteiger partial charge in [-0.2, -0.15) is 17.7 Å². The summed E-state index contributed by atoms with van der Waals surface area (Å²) < 4.78 is 1.57. The van der Waals surface area contributed by atoms with Crippen LogP contribution < -0.4 is 5.56 Å². The van der Waals surface area contributed by atoms with Crippen LogP contribution in [0.4, 0.5) is 0 Å². The van der Waals surface area contributed by atoms with Crippen molar-refractivity contribution in [2.24, 2.45) is 5.92 Å². The third kappa shape index (κ3) is 3.56. The highest BCUT2D eigenvalue weighted by Crippen LogP contribution is 2.22. The molecular weight excluding hydrogens is 280 g/mol. The van der Waals surface area contributed by atoms with Crippen molar-refractivity contribution in [1.29, 1.82) is 0 Å². The average molecular weight is 302 g/mol. The van der Waals surface area contributed by atoms with Gasteiger partial charge in [-0.3, -0.25) is 4.79 Å². The van der Waals surface area contributed by atoms with E-state index in [9.17, 15) is 4.79 Å². The van der Waals surface area contributed by atoms with Gasteiger partial charge in [0, 0.05) is 23.4 Å². The summed E-state index contributed by atoms with van der Waals surface area (Å²) >= 11 is 4.28. The minimum absolute atomic E-state index is 0.0350. The highest BCUT2D eigenvalue weighted by atomic mass is 32.1. The summed E-state index contributed by atoms with van der Waals surface area (Å²) in [6, 6.07) is 8.14. The number of nitrogens with zero attached hydrogens (tertiary/aromatic N) is 2. The van der Waals surface area contributed by atoms with E-state index in [1.54, 1.807) is 4.68 Å². The number of benzene rings is 1. The van der Waals surface area contributed by atoms with Crippen LogP contribution in [0.15, 0.2) is 29.1 Å². The van der Waals surface area contributed by atoms with Crippen LogP contribution in [-0.2, 0) is 12.3 Å². The van der Waals surface area contributed by atoms with E-state index in [1.807, 2.05) is 6.07 Å². The molecule has 112 valence electrons. The molecule has 2 rings (SSSR count). The summed E-state index contributed by atoms with van der Waals surface area (Å²) in [5.74, 6) is 0.800. The number of aromatic nitrogens is 2. The third-order valence-corrected chi connectivity index (χ3v) is 3.76. The van der Waals surface area contributed by atoms with E-state index in [1.165, 1.54) is 11.1 Å². The summed E-state index contributed by atoms with van der Waals surface area (Å²) in [5, 5.41) is 4.55. The Labute approximate surface area is 131 Å². The van der Waals surface area contributed by atoms with E-state index in [-0.39, 0.29) is 5.56 Å². The highest BCUT2D eigenvalue weighted by Gasteiger charge is 2.11. The van der Waals surface area contributed by atoms with Crippen LogP contribution >= 0.6 is 12.6 Å². The van der Waals surface area contributed by atoms with Gasteiger partial charge in [-0.25, -0.2) is 4.68 Å². The number of hydrogen-bond acceptors (Lipinski definition) is 3. The molecule has 0 fully saturated rings. The predicted octanol–water partition coefficient (Wildman–Crippen LogP) is 3.61. The highest BCUT2D eigenvalue weighted by molar-refractivity contribution is 7.79. The van der Waals surface area contributed by atoms with E-state index in [0.29, 0.717) is 23.8 Å². The molecule has 0 atom stereocenters. The van der Waals surface area contributed by atoms with Crippen molar-refractivity contribution in [3.05, 3.63) is 51.3 Å². The van der Waals surface area contributed by atoms with Crippen molar-refractivity contribution in [3.8, 4) is 11.3 Å². The van der Waals surface area contributed by atoms with Gasteiger partial charge in [0.15, 0.2) is 0 Å². The standard InChI is InChI=1S/C17H22N2OS/c1-11(2)9-19-17(20)14(10-21)8-16(18-19)15-6-5-12(3)7-13(15)4/h5-8,11,21H,9-10H2,1-4H3. The quantitative estimate of drug-likeness (QED) is 0.876. The molecule has 0 saturated heterocycles. The Kier molecular flexibility index (Phi) is 4.88. The lowest BCUT2D eigenvalue weighted by Gasteiger charge is -2.13. The van der Waals surface area contributed by atoms with Gasteiger partial charge >= 0.3 is 0 Å². The van der Waals surface area contributed by atoms with Gasteiger partial charge in [-0.1, -0.05) is 37.6 Å². The van der Waals surface area contributed by atoms with Crippen molar-refractivity contribution >= 4 is 12.6 Å². The zero-order chi connectivity index (χ0) is 15.6. The first-order chi connectivity index (χ1) is 9.92. The lowest BCUT2D eigenvalue weighted by molar-refractivity contribution is 0.463. The minimum Gasteiger partial charge on any atom is -0.267 e. The zero-order valence-electron chi connectivity index (χ0n) is 13.1. The van der Waals surface area contributed by atoms with E-state index >= 15 is 0 Å². The summed E-state index contributed by atoms with van der Waals surface area (Å²) in [5.41, 5.74) is 4.97. The molecule has 0 aliphatic heterocycles. The van der Waals surface area contributed by atoms with E-state index in [0.717, 1.165) is 11.3 Å². The molecule has 0 radical (unpaired) electrons. The monoisotopic (exact) mass is 302 g/mol. The van der Waals surface area contributed by atoms with Crippen LogP contribution in [0.5, 0.6) is 0 Å². The Hall–Kier alpha value is -1.55. The summed E-state index contributed by atoms with van der Waals surface area (Å²) in [6.07, 6.45) is 0. The van der Waals surface area contributed by atoms with Gasteiger partial charge in [0.2, 0.25) is 0 Å². The topological polar surface area (TPSA) is 34.9 Å². The molecule has 0 spiro atoms. The number of aryl methyl sites for hydroxylation is 2. The maximum Gasteiger partial charge on any atom is 0.270 e.